The van der Waals surface area contributed by atoms with Crippen LogP contribution in [-0.2, 0) is 11.3 Å². The lowest BCUT2D eigenvalue weighted by Gasteiger charge is -2.17. The molecule has 0 aromatic carbocycles. The van der Waals surface area contributed by atoms with E-state index in [1.165, 1.54) is 6.07 Å². The molecule has 0 saturated heterocycles. The van der Waals surface area contributed by atoms with E-state index >= 15 is 0 Å². The minimum absolute atomic E-state index is 0.0830. The van der Waals surface area contributed by atoms with Crippen LogP contribution >= 0.6 is 0 Å². The molecule has 0 spiro atoms. The quantitative estimate of drug-likeness (QED) is 0.670. The summed E-state index contributed by atoms with van der Waals surface area (Å²) in [4.78, 5) is 22.9. The minimum Gasteiger partial charge on any atom is -0.455 e. The number of primary amides is 1. The summed E-state index contributed by atoms with van der Waals surface area (Å²) in [5.41, 5.74) is 10.6. The van der Waals surface area contributed by atoms with Crippen molar-refractivity contribution in [3.8, 4) is 0 Å². The predicted molar refractivity (Wildman–Crippen MR) is 61.9 cm³/mol. The lowest BCUT2D eigenvalue weighted by Crippen LogP contribution is -2.47. The molecule has 0 bridgehead atoms. The highest BCUT2D eigenvalue weighted by molar-refractivity contribution is 5.95. The van der Waals surface area contributed by atoms with E-state index in [0.29, 0.717) is 5.76 Å². The van der Waals surface area contributed by atoms with Crippen LogP contribution in [0.15, 0.2) is 16.5 Å². The first-order valence-corrected chi connectivity index (χ1v) is 5.34. The van der Waals surface area contributed by atoms with Crippen molar-refractivity contribution < 1.29 is 14.0 Å². The van der Waals surface area contributed by atoms with Gasteiger partial charge in [-0.05, 0) is 18.1 Å². The third-order valence-corrected chi connectivity index (χ3v) is 2.35. The van der Waals surface area contributed by atoms with Gasteiger partial charge in [-0.25, -0.2) is 0 Å². The van der Waals surface area contributed by atoms with Crippen molar-refractivity contribution >= 4 is 11.8 Å². The van der Waals surface area contributed by atoms with Gasteiger partial charge in [-0.15, -0.1) is 0 Å². The van der Waals surface area contributed by atoms with Crippen molar-refractivity contribution in [1.82, 2.24) is 5.32 Å². The maximum atomic E-state index is 11.7. The zero-order valence-corrected chi connectivity index (χ0v) is 9.90. The molecule has 0 aliphatic rings. The number of nitrogens with one attached hydrogen (secondary N) is 1. The maximum Gasteiger partial charge on any atom is 0.287 e. The number of nitrogens with two attached hydrogens (primary N) is 2. The molecule has 6 nitrogen and oxygen atoms in total. The molecule has 1 heterocycles. The summed E-state index contributed by atoms with van der Waals surface area (Å²) >= 11 is 0. The van der Waals surface area contributed by atoms with Crippen molar-refractivity contribution in [1.29, 1.82) is 0 Å². The molecule has 5 N–H and O–H groups in total. The van der Waals surface area contributed by atoms with Crippen LogP contribution < -0.4 is 16.8 Å². The van der Waals surface area contributed by atoms with Gasteiger partial charge in [0, 0.05) is 0 Å². The van der Waals surface area contributed by atoms with E-state index in [9.17, 15) is 9.59 Å². The Labute approximate surface area is 99.3 Å². The average Bonchev–Trinajstić information content (AvgIpc) is 2.73. The lowest BCUT2D eigenvalue weighted by molar-refractivity contribution is -0.120. The summed E-state index contributed by atoms with van der Waals surface area (Å²) in [5, 5.41) is 2.52. The Kier molecular flexibility index (Phi) is 4.28. The van der Waals surface area contributed by atoms with Crippen LogP contribution in [0.4, 0.5) is 0 Å². The first kappa shape index (κ1) is 13.2. The summed E-state index contributed by atoms with van der Waals surface area (Å²) in [6.45, 7) is 3.81. The van der Waals surface area contributed by atoms with Gasteiger partial charge in [-0.2, -0.15) is 0 Å². The van der Waals surface area contributed by atoms with Crippen molar-refractivity contribution in [2.45, 2.75) is 26.4 Å². The van der Waals surface area contributed by atoms with Gasteiger partial charge in [-0.3, -0.25) is 9.59 Å². The van der Waals surface area contributed by atoms with Crippen LogP contribution in [0.1, 0.15) is 30.2 Å². The number of hydrogen-bond donors (Lipinski definition) is 3. The highest BCUT2D eigenvalue weighted by Gasteiger charge is 2.23. The van der Waals surface area contributed by atoms with Gasteiger partial charge in [0.1, 0.15) is 11.8 Å². The zero-order valence-electron chi connectivity index (χ0n) is 9.90. The lowest BCUT2D eigenvalue weighted by atomic mass is 10.0. The topological polar surface area (TPSA) is 111 Å². The number of rotatable bonds is 5. The molecule has 2 amide bonds. The van der Waals surface area contributed by atoms with Crippen LogP contribution in [-0.4, -0.2) is 17.9 Å². The second-order valence-corrected chi connectivity index (χ2v) is 4.07. The summed E-state index contributed by atoms with van der Waals surface area (Å²) < 4.78 is 5.17. The molecule has 1 unspecified atom stereocenters. The standard InChI is InChI=1S/C11H17N3O3/c1-6(2)9(10(13)15)14-11(16)8-4-3-7(5-12)17-8/h3-4,6,9H,5,12H2,1-2H3,(H2,13,15)(H,14,16). The fourth-order valence-electron chi connectivity index (χ4n) is 1.39. The minimum atomic E-state index is -0.714. The van der Waals surface area contributed by atoms with Crippen LogP contribution in [0.5, 0.6) is 0 Å². The summed E-state index contributed by atoms with van der Waals surface area (Å²) in [6, 6.07) is 2.41. The Hall–Kier alpha value is -1.82. The summed E-state index contributed by atoms with van der Waals surface area (Å²) in [6.07, 6.45) is 0. The highest BCUT2D eigenvalue weighted by atomic mass is 16.4. The number of furan rings is 1. The van der Waals surface area contributed by atoms with Crippen molar-refractivity contribution in [3.63, 3.8) is 0 Å². The fourth-order valence-corrected chi connectivity index (χ4v) is 1.39. The molecule has 0 fully saturated rings. The summed E-state index contributed by atoms with van der Waals surface area (Å²) in [7, 11) is 0. The van der Waals surface area contributed by atoms with Crippen LogP contribution in [0.3, 0.4) is 0 Å². The van der Waals surface area contributed by atoms with Gasteiger partial charge in [0.05, 0.1) is 6.54 Å². The second-order valence-electron chi connectivity index (χ2n) is 4.07. The molecule has 1 aromatic heterocycles. The van der Waals surface area contributed by atoms with E-state index in [4.69, 9.17) is 15.9 Å². The van der Waals surface area contributed by atoms with E-state index in [-0.39, 0.29) is 18.2 Å². The largest absolute Gasteiger partial charge is 0.455 e. The molecular weight excluding hydrogens is 222 g/mol. The van der Waals surface area contributed by atoms with E-state index in [1.807, 2.05) is 0 Å². The Morgan fingerprint density at radius 1 is 1.41 bits per heavy atom. The molecule has 0 saturated carbocycles. The van der Waals surface area contributed by atoms with Crippen LogP contribution in [0.25, 0.3) is 0 Å². The van der Waals surface area contributed by atoms with Gasteiger partial charge in [0.15, 0.2) is 5.76 Å². The Morgan fingerprint density at radius 3 is 2.47 bits per heavy atom. The van der Waals surface area contributed by atoms with Crippen molar-refractivity contribution in [2.24, 2.45) is 17.4 Å². The Bertz CT molecular complexity index is 412. The molecule has 1 atom stereocenters. The van der Waals surface area contributed by atoms with Gasteiger partial charge in [0.25, 0.3) is 5.91 Å². The molecule has 6 heteroatoms. The number of carbonyl (C=O) groups excluding carboxylic acids is 2. The van der Waals surface area contributed by atoms with Crippen LogP contribution in [0.2, 0.25) is 0 Å². The van der Waals surface area contributed by atoms with E-state index in [1.54, 1.807) is 19.9 Å². The number of amides is 2. The number of carbonyl (C=O) groups is 2. The first-order valence-electron chi connectivity index (χ1n) is 5.34. The van der Waals surface area contributed by atoms with Gasteiger partial charge in [-0.1, -0.05) is 13.8 Å². The van der Waals surface area contributed by atoms with E-state index in [0.717, 1.165) is 0 Å². The van der Waals surface area contributed by atoms with E-state index in [2.05, 4.69) is 5.32 Å². The predicted octanol–water partition coefficient (Wildman–Crippen LogP) is -0.0220. The normalized spacial score (nSPS) is 12.5. The molecule has 1 rings (SSSR count). The van der Waals surface area contributed by atoms with Gasteiger partial charge < -0.3 is 21.2 Å². The molecule has 0 aliphatic carbocycles. The third-order valence-electron chi connectivity index (χ3n) is 2.35. The monoisotopic (exact) mass is 239 g/mol. The smallest absolute Gasteiger partial charge is 0.287 e. The maximum absolute atomic E-state index is 11.7. The summed E-state index contributed by atoms with van der Waals surface area (Å²) in [5.74, 6) is -0.491. The molecule has 94 valence electrons. The SMILES string of the molecule is CC(C)C(NC(=O)c1ccc(CN)o1)C(N)=O. The molecule has 0 aliphatic heterocycles. The third kappa shape index (κ3) is 3.32. The molecule has 0 radical (unpaired) electrons. The van der Waals surface area contributed by atoms with E-state index < -0.39 is 17.9 Å². The van der Waals surface area contributed by atoms with Crippen LogP contribution in [0, 0.1) is 5.92 Å². The zero-order chi connectivity index (χ0) is 13.0. The molecule has 17 heavy (non-hydrogen) atoms. The fraction of sp³-hybridized carbons (Fsp3) is 0.455. The van der Waals surface area contributed by atoms with Crippen molar-refractivity contribution in [3.05, 3.63) is 23.7 Å². The van der Waals surface area contributed by atoms with Crippen molar-refractivity contribution in [2.75, 3.05) is 0 Å². The Balaban J connectivity index is 2.73. The van der Waals surface area contributed by atoms with Gasteiger partial charge in [0.2, 0.25) is 5.91 Å². The average molecular weight is 239 g/mol. The molecular formula is C11H17N3O3. The van der Waals surface area contributed by atoms with Gasteiger partial charge >= 0.3 is 0 Å². The Morgan fingerprint density at radius 2 is 2.06 bits per heavy atom. The highest BCUT2D eigenvalue weighted by Crippen LogP contribution is 2.08. The molecule has 1 aromatic rings. The second kappa shape index (κ2) is 5.49. The number of hydrogen-bond acceptors (Lipinski definition) is 4. The first-order chi connectivity index (χ1) is 7.95.